The van der Waals surface area contributed by atoms with Gasteiger partial charge in [0.05, 0.1) is 0 Å². The number of aliphatic imine (C=N–C) groups is 1. The van der Waals surface area contributed by atoms with E-state index < -0.39 is 18.5 Å². The number of esters is 1. The Labute approximate surface area is 74.2 Å². The van der Waals surface area contributed by atoms with E-state index in [2.05, 4.69) is 16.3 Å². The largest absolute Gasteiger partial charge is 0.406 e. The normalized spacial score (nSPS) is 13.8. The van der Waals surface area contributed by atoms with Crippen LogP contribution in [0.1, 0.15) is 6.92 Å². The minimum Gasteiger partial charge on any atom is -0.406 e. The summed E-state index contributed by atoms with van der Waals surface area (Å²) in [5.41, 5.74) is 0.00738. The highest BCUT2D eigenvalue weighted by atomic mass is 16.7. The molecular formula is C7H9NO5. The Morgan fingerprint density at radius 3 is 2.62 bits per heavy atom. The first kappa shape index (κ1) is 11.5. The van der Waals surface area contributed by atoms with E-state index in [0.29, 0.717) is 0 Å². The molecule has 0 aliphatic carbocycles. The fourth-order valence-corrected chi connectivity index (χ4v) is 0.397. The van der Waals surface area contributed by atoms with Crippen LogP contribution in [0.25, 0.3) is 0 Å². The van der Waals surface area contributed by atoms with Gasteiger partial charge < -0.3 is 14.9 Å². The molecule has 0 bridgehead atoms. The molecule has 0 spiro atoms. The van der Waals surface area contributed by atoms with E-state index in [4.69, 9.17) is 10.2 Å². The van der Waals surface area contributed by atoms with Gasteiger partial charge >= 0.3 is 11.9 Å². The van der Waals surface area contributed by atoms with Crippen molar-refractivity contribution in [2.24, 2.45) is 4.99 Å². The molecule has 0 fully saturated rings. The van der Waals surface area contributed by atoms with Crippen LogP contribution in [0.3, 0.4) is 0 Å². The number of aliphatic hydroxyl groups is 2. The molecule has 72 valence electrons. The second-order valence-corrected chi connectivity index (χ2v) is 2.27. The van der Waals surface area contributed by atoms with E-state index >= 15 is 0 Å². The maximum absolute atomic E-state index is 10.8. The lowest BCUT2D eigenvalue weighted by Crippen LogP contribution is -2.36. The number of hydrogen-bond acceptors (Lipinski definition) is 6. The molecule has 0 saturated heterocycles. The highest BCUT2D eigenvalue weighted by Gasteiger charge is 2.30. The zero-order chi connectivity index (χ0) is 10.5. The molecule has 0 heterocycles. The van der Waals surface area contributed by atoms with Crippen molar-refractivity contribution in [3.63, 3.8) is 0 Å². The van der Waals surface area contributed by atoms with Gasteiger partial charge in [0.15, 0.2) is 0 Å². The number of ether oxygens (including phenoxy) is 1. The van der Waals surface area contributed by atoms with Crippen molar-refractivity contribution in [1.82, 2.24) is 0 Å². The van der Waals surface area contributed by atoms with Crippen LogP contribution in [0.2, 0.25) is 0 Å². The van der Waals surface area contributed by atoms with Crippen LogP contribution in [-0.4, -0.2) is 34.8 Å². The second kappa shape index (κ2) is 4.51. The van der Waals surface area contributed by atoms with Crippen LogP contribution in [-0.2, 0) is 14.3 Å². The Morgan fingerprint density at radius 2 is 2.31 bits per heavy atom. The third kappa shape index (κ3) is 3.62. The highest BCUT2D eigenvalue weighted by Crippen LogP contribution is 2.09. The molecule has 0 radical (unpaired) electrons. The van der Waals surface area contributed by atoms with E-state index in [1.165, 1.54) is 6.92 Å². The molecule has 1 atom stereocenters. The first-order valence-electron chi connectivity index (χ1n) is 3.26. The van der Waals surface area contributed by atoms with Crippen molar-refractivity contribution in [2.45, 2.75) is 12.8 Å². The van der Waals surface area contributed by atoms with Crippen LogP contribution in [0.15, 0.2) is 17.1 Å². The average Bonchev–Trinajstić information content (AvgIpc) is 2.04. The van der Waals surface area contributed by atoms with Gasteiger partial charge in [-0.15, -0.1) is 4.99 Å². The predicted molar refractivity (Wildman–Crippen MR) is 41.1 cm³/mol. The molecule has 0 aliphatic heterocycles. The fourth-order valence-electron chi connectivity index (χ4n) is 0.397. The highest BCUT2D eigenvalue weighted by molar-refractivity contribution is 5.87. The monoisotopic (exact) mass is 187 g/mol. The van der Waals surface area contributed by atoms with Gasteiger partial charge in [-0.2, -0.15) is 0 Å². The first-order valence-corrected chi connectivity index (χ1v) is 3.26. The summed E-state index contributed by atoms with van der Waals surface area (Å²) in [7, 11) is 0. The summed E-state index contributed by atoms with van der Waals surface area (Å²) in [5.74, 6) is -3.52. The van der Waals surface area contributed by atoms with Crippen LogP contribution >= 0.6 is 0 Å². The molecule has 0 aromatic carbocycles. The lowest BCUT2D eigenvalue weighted by Gasteiger charge is -2.18. The van der Waals surface area contributed by atoms with Crippen molar-refractivity contribution >= 4 is 12.0 Å². The number of carbonyl (C=O) groups is 1. The number of carbonyl (C=O) groups excluding carboxylic acids is 2. The fraction of sp³-hybridized carbons (Fsp3) is 0.429. The number of nitrogens with zero attached hydrogens (tertiary/aromatic N) is 1. The van der Waals surface area contributed by atoms with Gasteiger partial charge in [-0.3, -0.25) is 0 Å². The maximum Gasteiger partial charge on any atom is 0.346 e. The van der Waals surface area contributed by atoms with E-state index in [9.17, 15) is 9.59 Å². The smallest absolute Gasteiger partial charge is 0.346 e. The van der Waals surface area contributed by atoms with Crippen LogP contribution in [0, 0.1) is 0 Å². The molecule has 0 aromatic heterocycles. The maximum atomic E-state index is 10.8. The lowest BCUT2D eigenvalue weighted by molar-refractivity contribution is -0.214. The quantitative estimate of drug-likeness (QED) is 0.195. The van der Waals surface area contributed by atoms with E-state index in [1.807, 2.05) is 0 Å². The van der Waals surface area contributed by atoms with Crippen molar-refractivity contribution in [2.75, 3.05) is 6.61 Å². The van der Waals surface area contributed by atoms with Gasteiger partial charge in [-0.1, -0.05) is 6.58 Å². The summed E-state index contributed by atoms with van der Waals surface area (Å²) >= 11 is 0. The van der Waals surface area contributed by atoms with Crippen LogP contribution in [0.5, 0.6) is 0 Å². The Morgan fingerprint density at radius 1 is 1.77 bits per heavy atom. The summed E-state index contributed by atoms with van der Waals surface area (Å²) in [4.78, 5) is 23.3. The zero-order valence-electron chi connectivity index (χ0n) is 6.98. The molecule has 6 heteroatoms. The third-order valence-corrected chi connectivity index (χ3v) is 1.03. The Balaban J connectivity index is 4.53. The average molecular weight is 187 g/mol. The minimum absolute atomic E-state index is 0.00738. The molecule has 1 unspecified atom stereocenters. The first-order chi connectivity index (χ1) is 5.95. The molecular weight excluding hydrogens is 178 g/mol. The van der Waals surface area contributed by atoms with Crippen molar-refractivity contribution < 1.29 is 24.5 Å². The summed E-state index contributed by atoms with van der Waals surface area (Å²) in [6, 6.07) is 0. The minimum atomic E-state index is -2.56. The molecule has 0 rings (SSSR count). The summed E-state index contributed by atoms with van der Waals surface area (Å²) in [5, 5.41) is 17.6. The van der Waals surface area contributed by atoms with E-state index in [-0.39, 0.29) is 5.57 Å². The molecule has 2 N–H and O–H groups in total. The van der Waals surface area contributed by atoms with Crippen molar-refractivity contribution in [3.05, 3.63) is 12.2 Å². The van der Waals surface area contributed by atoms with E-state index in [1.54, 1.807) is 0 Å². The van der Waals surface area contributed by atoms with Gasteiger partial charge in [0.2, 0.25) is 6.08 Å². The number of aliphatic hydroxyl groups excluding tert-OH is 1. The van der Waals surface area contributed by atoms with Gasteiger partial charge in [0.1, 0.15) is 6.61 Å². The van der Waals surface area contributed by atoms with E-state index in [0.717, 1.165) is 6.08 Å². The molecule has 0 aliphatic rings. The molecule has 13 heavy (non-hydrogen) atoms. The summed E-state index contributed by atoms with van der Waals surface area (Å²) in [6.45, 7) is 3.54. The summed E-state index contributed by atoms with van der Waals surface area (Å²) < 4.78 is 4.23. The molecule has 6 nitrogen and oxygen atoms in total. The number of hydrogen-bond donors (Lipinski definition) is 2. The van der Waals surface area contributed by atoms with Crippen molar-refractivity contribution in [3.8, 4) is 0 Å². The topological polar surface area (TPSA) is 96.2 Å². The molecule has 0 saturated carbocycles. The molecule has 0 aromatic rings. The number of isocyanates is 1. The second-order valence-electron chi connectivity index (χ2n) is 2.27. The standard InChI is InChI=1S/C7H9NO5/c1-5(2)6(11)13-7(12,3-9)8-4-10/h9,12H,1,3H2,2H3. The Bertz CT molecular complexity index is 268. The van der Waals surface area contributed by atoms with Crippen LogP contribution < -0.4 is 0 Å². The van der Waals surface area contributed by atoms with Gasteiger partial charge in [0, 0.05) is 5.57 Å². The van der Waals surface area contributed by atoms with Gasteiger partial charge in [-0.25, -0.2) is 9.59 Å². The zero-order valence-corrected chi connectivity index (χ0v) is 6.98. The SMILES string of the molecule is C=C(C)C(=O)OC(O)(CO)N=C=O. The van der Waals surface area contributed by atoms with Crippen LogP contribution in [0.4, 0.5) is 0 Å². The molecule has 0 amide bonds. The van der Waals surface area contributed by atoms with Gasteiger partial charge in [0.25, 0.3) is 0 Å². The number of rotatable bonds is 4. The van der Waals surface area contributed by atoms with Crippen molar-refractivity contribution in [1.29, 1.82) is 0 Å². The third-order valence-electron chi connectivity index (χ3n) is 1.03. The predicted octanol–water partition coefficient (Wildman–Crippen LogP) is -0.920. The Kier molecular flexibility index (Phi) is 4.00. The summed E-state index contributed by atoms with van der Waals surface area (Å²) in [6.07, 6.45) is 0.962. The van der Waals surface area contributed by atoms with Gasteiger partial charge in [-0.05, 0) is 6.92 Å². The lowest BCUT2D eigenvalue weighted by atomic mass is 10.3. The Hall–Kier alpha value is -1.49.